The average molecular weight is 287 g/mol. The number of hydrogen-bond donors (Lipinski definition) is 2. The Morgan fingerprint density at radius 3 is 3.29 bits per heavy atom. The molecule has 2 aromatic heterocycles. The van der Waals surface area contributed by atoms with Crippen molar-refractivity contribution in [3.05, 3.63) is 18.1 Å². The summed E-state index contributed by atoms with van der Waals surface area (Å²) in [4.78, 5) is 7.08. The van der Waals surface area contributed by atoms with Gasteiger partial charge in [-0.15, -0.1) is 5.10 Å². The predicted octanol–water partition coefficient (Wildman–Crippen LogP) is 1.82. The number of piperidine rings is 1. The summed E-state index contributed by atoms with van der Waals surface area (Å²) in [7, 11) is 0. The van der Waals surface area contributed by atoms with Crippen LogP contribution in [0.3, 0.4) is 0 Å². The zero-order chi connectivity index (χ0) is 14.2. The molecule has 0 radical (unpaired) electrons. The van der Waals surface area contributed by atoms with Crippen molar-refractivity contribution in [3.63, 3.8) is 0 Å². The number of H-pyrrole nitrogens is 1. The lowest BCUT2D eigenvalue weighted by Crippen LogP contribution is -2.45. The van der Waals surface area contributed by atoms with Gasteiger partial charge in [-0.25, -0.2) is 0 Å². The molecule has 6 heteroatoms. The van der Waals surface area contributed by atoms with Crippen molar-refractivity contribution in [2.45, 2.75) is 32.2 Å². The Bertz CT molecular complexity index is 619. The van der Waals surface area contributed by atoms with Gasteiger partial charge in [0.2, 0.25) is 5.95 Å². The lowest BCUT2D eigenvalue weighted by molar-refractivity contribution is 0.381. The SMILES string of the molecule is CCc1occc1-c1nc(N2CCCC3CNCC32)n[nH]1. The van der Waals surface area contributed by atoms with Crippen molar-refractivity contribution in [2.75, 3.05) is 24.5 Å². The van der Waals surface area contributed by atoms with Gasteiger partial charge in [-0.05, 0) is 24.8 Å². The molecule has 112 valence electrons. The molecule has 4 heterocycles. The van der Waals surface area contributed by atoms with Crippen LogP contribution in [-0.2, 0) is 6.42 Å². The van der Waals surface area contributed by atoms with Crippen LogP contribution in [0.4, 0.5) is 5.95 Å². The van der Waals surface area contributed by atoms with Gasteiger partial charge in [0.1, 0.15) is 5.76 Å². The summed E-state index contributed by atoms with van der Waals surface area (Å²) in [5.74, 6) is 3.33. The predicted molar refractivity (Wildman–Crippen MR) is 80.2 cm³/mol. The number of aromatic nitrogens is 3. The van der Waals surface area contributed by atoms with E-state index in [-0.39, 0.29) is 0 Å². The number of furan rings is 1. The fourth-order valence-corrected chi connectivity index (χ4v) is 3.64. The van der Waals surface area contributed by atoms with E-state index >= 15 is 0 Å². The molecule has 4 rings (SSSR count). The van der Waals surface area contributed by atoms with Crippen LogP contribution in [0.15, 0.2) is 16.7 Å². The first kappa shape index (κ1) is 12.9. The van der Waals surface area contributed by atoms with Gasteiger partial charge in [-0.1, -0.05) is 6.92 Å². The quantitative estimate of drug-likeness (QED) is 0.901. The molecule has 2 unspecified atom stereocenters. The second-order valence-electron chi connectivity index (χ2n) is 5.92. The first-order chi connectivity index (χ1) is 10.4. The van der Waals surface area contributed by atoms with Gasteiger partial charge in [0.15, 0.2) is 5.82 Å². The topological polar surface area (TPSA) is 70.0 Å². The zero-order valence-corrected chi connectivity index (χ0v) is 12.3. The number of aromatic amines is 1. The van der Waals surface area contributed by atoms with E-state index in [0.717, 1.165) is 55.1 Å². The van der Waals surface area contributed by atoms with E-state index in [1.807, 2.05) is 6.07 Å². The van der Waals surface area contributed by atoms with E-state index in [9.17, 15) is 0 Å². The number of hydrogen-bond acceptors (Lipinski definition) is 5. The molecule has 0 aromatic carbocycles. The third kappa shape index (κ3) is 2.14. The number of rotatable bonds is 3. The Kier molecular flexibility index (Phi) is 3.18. The summed E-state index contributed by atoms with van der Waals surface area (Å²) < 4.78 is 5.48. The monoisotopic (exact) mass is 287 g/mol. The van der Waals surface area contributed by atoms with Crippen LogP contribution in [0.1, 0.15) is 25.5 Å². The third-order valence-electron chi connectivity index (χ3n) is 4.73. The van der Waals surface area contributed by atoms with Crippen LogP contribution < -0.4 is 10.2 Å². The van der Waals surface area contributed by atoms with Gasteiger partial charge in [0.25, 0.3) is 0 Å². The van der Waals surface area contributed by atoms with E-state index in [0.29, 0.717) is 6.04 Å². The van der Waals surface area contributed by atoms with Gasteiger partial charge in [0, 0.05) is 32.1 Å². The van der Waals surface area contributed by atoms with Crippen molar-refractivity contribution in [1.29, 1.82) is 0 Å². The van der Waals surface area contributed by atoms with Crippen LogP contribution in [-0.4, -0.2) is 40.9 Å². The highest BCUT2D eigenvalue weighted by Crippen LogP contribution is 2.30. The third-order valence-corrected chi connectivity index (χ3v) is 4.73. The van der Waals surface area contributed by atoms with Crippen LogP contribution in [0.5, 0.6) is 0 Å². The maximum absolute atomic E-state index is 5.48. The van der Waals surface area contributed by atoms with Crippen molar-refractivity contribution in [2.24, 2.45) is 5.92 Å². The van der Waals surface area contributed by atoms with Crippen molar-refractivity contribution < 1.29 is 4.42 Å². The number of nitrogens with one attached hydrogen (secondary N) is 2. The number of anilines is 1. The largest absolute Gasteiger partial charge is 0.469 e. The molecule has 2 aliphatic rings. The summed E-state index contributed by atoms with van der Waals surface area (Å²) in [5, 5.41) is 11.0. The van der Waals surface area contributed by atoms with Gasteiger partial charge in [-0.3, -0.25) is 5.10 Å². The Hall–Kier alpha value is -1.82. The molecule has 2 saturated heterocycles. The normalized spacial score (nSPS) is 25.3. The molecular formula is C15H21N5O. The van der Waals surface area contributed by atoms with E-state index in [1.54, 1.807) is 6.26 Å². The van der Waals surface area contributed by atoms with Crippen LogP contribution >= 0.6 is 0 Å². The van der Waals surface area contributed by atoms with Gasteiger partial charge < -0.3 is 14.6 Å². The molecular weight excluding hydrogens is 266 g/mol. The molecule has 2 atom stereocenters. The molecule has 2 fully saturated rings. The molecule has 21 heavy (non-hydrogen) atoms. The van der Waals surface area contributed by atoms with Crippen molar-refractivity contribution >= 4 is 5.95 Å². The minimum absolute atomic E-state index is 0.539. The molecule has 2 N–H and O–H groups in total. The molecule has 0 aliphatic carbocycles. The number of aryl methyl sites for hydroxylation is 1. The minimum Gasteiger partial charge on any atom is -0.469 e. The molecule has 0 bridgehead atoms. The van der Waals surface area contributed by atoms with Crippen molar-refractivity contribution in [3.8, 4) is 11.4 Å². The first-order valence-corrected chi connectivity index (χ1v) is 7.83. The second kappa shape index (κ2) is 5.18. The Balaban J connectivity index is 1.62. The minimum atomic E-state index is 0.539. The highest BCUT2D eigenvalue weighted by atomic mass is 16.3. The zero-order valence-electron chi connectivity index (χ0n) is 12.3. The number of nitrogens with zero attached hydrogens (tertiary/aromatic N) is 3. The fourth-order valence-electron chi connectivity index (χ4n) is 3.64. The highest BCUT2D eigenvalue weighted by molar-refractivity contribution is 5.58. The number of fused-ring (bicyclic) bond motifs is 1. The Labute approximate surface area is 123 Å². The summed E-state index contributed by atoms with van der Waals surface area (Å²) >= 11 is 0. The summed E-state index contributed by atoms with van der Waals surface area (Å²) in [6, 6.07) is 2.50. The lowest BCUT2D eigenvalue weighted by atomic mass is 9.92. The maximum atomic E-state index is 5.48. The average Bonchev–Trinajstić information content (AvgIpc) is 3.24. The molecule has 0 saturated carbocycles. The summed E-state index contributed by atoms with van der Waals surface area (Å²) in [6.45, 7) is 5.30. The first-order valence-electron chi connectivity index (χ1n) is 7.83. The van der Waals surface area contributed by atoms with Crippen LogP contribution in [0, 0.1) is 5.92 Å². The molecule has 2 aliphatic heterocycles. The lowest BCUT2D eigenvalue weighted by Gasteiger charge is -2.36. The highest BCUT2D eigenvalue weighted by Gasteiger charge is 2.36. The molecule has 2 aromatic rings. The Morgan fingerprint density at radius 1 is 1.43 bits per heavy atom. The van der Waals surface area contributed by atoms with E-state index in [4.69, 9.17) is 9.40 Å². The smallest absolute Gasteiger partial charge is 0.245 e. The fraction of sp³-hybridized carbons (Fsp3) is 0.600. The van der Waals surface area contributed by atoms with Crippen LogP contribution in [0.25, 0.3) is 11.4 Å². The summed E-state index contributed by atoms with van der Waals surface area (Å²) in [5.41, 5.74) is 1.02. The van der Waals surface area contributed by atoms with E-state index < -0.39 is 0 Å². The van der Waals surface area contributed by atoms with Gasteiger partial charge in [-0.2, -0.15) is 4.98 Å². The molecule has 6 nitrogen and oxygen atoms in total. The molecule has 0 amide bonds. The maximum Gasteiger partial charge on any atom is 0.245 e. The van der Waals surface area contributed by atoms with E-state index in [2.05, 4.69) is 27.3 Å². The molecule has 0 spiro atoms. The van der Waals surface area contributed by atoms with E-state index in [1.165, 1.54) is 12.8 Å². The van der Waals surface area contributed by atoms with Crippen LogP contribution in [0.2, 0.25) is 0 Å². The van der Waals surface area contributed by atoms with Gasteiger partial charge >= 0.3 is 0 Å². The van der Waals surface area contributed by atoms with Crippen molar-refractivity contribution in [1.82, 2.24) is 20.5 Å². The summed E-state index contributed by atoms with van der Waals surface area (Å²) in [6.07, 6.45) is 5.11. The Morgan fingerprint density at radius 2 is 2.38 bits per heavy atom. The standard InChI is InChI=1S/C15H21N5O/c1-2-13-11(5-7-21-13)14-17-15(19-18-14)20-6-3-4-10-8-16-9-12(10)20/h5,7,10,12,16H,2-4,6,8-9H2,1H3,(H,17,18,19). The second-order valence-corrected chi connectivity index (χ2v) is 5.92. The van der Waals surface area contributed by atoms with Gasteiger partial charge in [0.05, 0.1) is 11.8 Å².